The van der Waals surface area contributed by atoms with Gasteiger partial charge in [-0.05, 0) is 6.42 Å². The van der Waals surface area contributed by atoms with Crippen molar-refractivity contribution in [2.24, 2.45) is 10.9 Å². The summed E-state index contributed by atoms with van der Waals surface area (Å²) in [7, 11) is 0. The van der Waals surface area contributed by atoms with Crippen LogP contribution in [0.2, 0.25) is 0 Å². The van der Waals surface area contributed by atoms with Crippen molar-refractivity contribution in [3.8, 4) is 0 Å². The maximum atomic E-state index is 11.0. The van der Waals surface area contributed by atoms with Gasteiger partial charge in [-0.15, -0.1) is 0 Å². The molecule has 4 N–H and O–H groups in total. The number of pyridine rings is 1. The third kappa shape index (κ3) is 2.88. The summed E-state index contributed by atoms with van der Waals surface area (Å²) in [5.74, 6) is -0.0977. The number of amidine groups is 1. The monoisotopic (exact) mass is 267 g/mol. The van der Waals surface area contributed by atoms with E-state index >= 15 is 0 Å². The predicted octanol–water partition coefficient (Wildman–Crippen LogP) is 0.285. The van der Waals surface area contributed by atoms with Crippen molar-refractivity contribution >= 4 is 17.3 Å². The van der Waals surface area contributed by atoms with Crippen LogP contribution < -0.4 is 11.1 Å². The molecule has 9 heteroatoms. The lowest BCUT2D eigenvalue weighted by Crippen LogP contribution is -2.33. The van der Waals surface area contributed by atoms with Crippen LogP contribution in [0, 0.1) is 10.1 Å². The number of ether oxygens (including phenoxy) is 1. The van der Waals surface area contributed by atoms with Gasteiger partial charge in [0.1, 0.15) is 0 Å². The third-order valence-corrected chi connectivity index (χ3v) is 2.76. The molecule has 1 aliphatic heterocycles. The topological polar surface area (TPSA) is 136 Å². The van der Waals surface area contributed by atoms with E-state index in [1.807, 2.05) is 0 Å². The Labute approximate surface area is 108 Å². The molecule has 0 unspecified atom stereocenters. The van der Waals surface area contributed by atoms with Crippen LogP contribution >= 0.6 is 0 Å². The molecule has 1 aromatic rings. The van der Waals surface area contributed by atoms with Gasteiger partial charge in [-0.1, -0.05) is 5.16 Å². The van der Waals surface area contributed by atoms with Crippen LogP contribution in [0.4, 0.5) is 11.5 Å². The second kappa shape index (κ2) is 5.48. The number of hydrogen-bond donors (Lipinski definition) is 3. The number of oxime groups is 1. The van der Waals surface area contributed by atoms with Crippen molar-refractivity contribution in [1.82, 2.24) is 4.98 Å². The van der Waals surface area contributed by atoms with Crippen molar-refractivity contribution in [3.05, 3.63) is 27.9 Å². The van der Waals surface area contributed by atoms with Gasteiger partial charge in [-0.2, -0.15) is 0 Å². The zero-order valence-corrected chi connectivity index (χ0v) is 9.94. The lowest BCUT2D eigenvalue weighted by molar-refractivity contribution is -0.384. The zero-order valence-electron chi connectivity index (χ0n) is 9.94. The average Bonchev–Trinajstić information content (AvgIpc) is 2.36. The lowest BCUT2D eigenvalue weighted by atomic mass is 10.2. The predicted molar refractivity (Wildman–Crippen MR) is 66.2 cm³/mol. The fourth-order valence-corrected chi connectivity index (χ4v) is 1.58. The van der Waals surface area contributed by atoms with Crippen LogP contribution in [0.15, 0.2) is 17.4 Å². The summed E-state index contributed by atoms with van der Waals surface area (Å²) >= 11 is 0. The van der Waals surface area contributed by atoms with E-state index in [0.29, 0.717) is 13.2 Å². The minimum absolute atomic E-state index is 0.0603. The average molecular weight is 267 g/mol. The molecule has 1 saturated heterocycles. The highest BCUT2D eigenvalue weighted by atomic mass is 16.6. The van der Waals surface area contributed by atoms with E-state index in [1.54, 1.807) is 0 Å². The molecule has 2 heterocycles. The van der Waals surface area contributed by atoms with Crippen LogP contribution in [-0.2, 0) is 4.74 Å². The molecule has 2 rings (SSSR count). The van der Waals surface area contributed by atoms with Gasteiger partial charge < -0.3 is 21.0 Å². The molecule has 9 nitrogen and oxygen atoms in total. The maximum absolute atomic E-state index is 11.0. The summed E-state index contributed by atoms with van der Waals surface area (Å²) in [5.41, 5.74) is 5.31. The molecule has 1 aliphatic rings. The van der Waals surface area contributed by atoms with Gasteiger partial charge in [0.25, 0.3) is 0 Å². The summed E-state index contributed by atoms with van der Waals surface area (Å²) in [6.07, 6.45) is 2.28. The molecule has 19 heavy (non-hydrogen) atoms. The molecule has 102 valence electrons. The Bertz CT molecular complexity index is 515. The van der Waals surface area contributed by atoms with E-state index in [1.165, 1.54) is 12.3 Å². The van der Waals surface area contributed by atoms with E-state index in [2.05, 4.69) is 15.5 Å². The fourth-order valence-electron chi connectivity index (χ4n) is 1.58. The van der Waals surface area contributed by atoms with Gasteiger partial charge in [0.05, 0.1) is 11.0 Å². The first kappa shape index (κ1) is 13.0. The quantitative estimate of drug-likeness (QED) is 0.229. The van der Waals surface area contributed by atoms with Crippen LogP contribution in [0.5, 0.6) is 0 Å². The third-order valence-electron chi connectivity index (χ3n) is 2.76. The van der Waals surface area contributed by atoms with Gasteiger partial charge in [0.15, 0.2) is 5.84 Å². The number of anilines is 1. The second-order valence-corrected chi connectivity index (χ2v) is 4.00. The number of hydrogen-bond acceptors (Lipinski definition) is 7. The zero-order chi connectivity index (χ0) is 13.8. The molecule has 0 aliphatic carbocycles. The Hall–Kier alpha value is -2.42. The highest BCUT2D eigenvalue weighted by Crippen LogP contribution is 2.23. The molecular formula is C10H13N5O4. The number of aromatic nitrogens is 1. The molecule has 0 radical (unpaired) electrons. The van der Waals surface area contributed by atoms with Gasteiger partial charge in [0.2, 0.25) is 5.82 Å². The molecule has 0 spiro atoms. The molecular weight excluding hydrogens is 254 g/mol. The molecule has 0 aromatic carbocycles. The first-order chi connectivity index (χ1) is 9.11. The van der Waals surface area contributed by atoms with Crippen molar-refractivity contribution in [3.63, 3.8) is 0 Å². The summed E-state index contributed by atoms with van der Waals surface area (Å²) in [4.78, 5) is 14.3. The molecule has 0 saturated carbocycles. The first-order valence-electron chi connectivity index (χ1n) is 5.59. The minimum atomic E-state index is -0.578. The highest BCUT2D eigenvalue weighted by molar-refractivity contribution is 5.97. The molecule has 1 atom stereocenters. The van der Waals surface area contributed by atoms with Gasteiger partial charge in [0, 0.05) is 31.0 Å². The Morgan fingerprint density at radius 2 is 2.53 bits per heavy atom. The van der Waals surface area contributed by atoms with Crippen LogP contribution in [0.25, 0.3) is 0 Å². The van der Waals surface area contributed by atoms with Crippen molar-refractivity contribution in [2.75, 3.05) is 18.5 Å². The minimum Gasteiger partial charge on any atom is -0.409 e. The van der Waals surface area contributed by atoms with Gasteiger partial charge in [-0.3, -0.25) is 10.1 Å². The number of nitrogens with two attached hydrogens (primary N) is 1. The summed E-state index contributed by atoms with van der Waals surface area (Å²) < 4.78 is 5.20. The SMILES string of the molecule is NC(=NO)c1cnc(NC[C@@H]2CCO2)c([N+](=O)[O-])c1. The second-order valence-electron chi connectivity index (χ2n) is 4.00. The smallest absolute Gasteiger partial charge is 0.312 e. The Morgan fingerprint density at radius 1 is 1.79 bits per heavy atom. The fraction of sp³-hybridized carbons (Fsp3) is 0.400. The summed E-state index contributed by atoms with van der Waals surface area (Å²) in [6.45, 7) is 1.17. The van der Waals surface area contributed by atoms with Crippen molar-refractivity contribution in [1.29, 1.82) is 0 Å². The van der Waals surface area contributed by atoms with Crippen LogP contribution in [0.1, 0.15) is 12.0 Å². The Kier molecular flexibility index (Phi) is 3.76. The van der Waals surface area contributed by atoms with E-state index in [4.69, 9.17) is 15.7 Å². The van der Waals surface area contributed by atoms with E-state index in [9.17, 15) is 10.1 Å². The largest absolute Gasteiger partial charge is 0.409 e. The Balaban J connectivity index is 2.19. The number of nitrogens with zero attached hydrogens (tertiary/aromatic N) is 3. The highest BCUT2D eigenvalue weighted by Gasteiger charge is 2.21. The molecule has 0 bridgehead atoms. The van der Waals surface area contributed by atoms with E-state index in [0.717, 1.165) is 6.42 Å². The van der Waals surface area contributed by atoms with Gasteiger partial charge >= 0.3 is 5.69 Å². The lowest BCUT2D eigenvalue weighted by Gasteiger charge is -2.26. The van der Waals surface area contributed by atoms with Gasteiger partial charge in [-0.25, -0.2) is 4.98 Å². The first-order valence-corrected chi connectivity index (χ1v) is 5.59. The number of nitro groups is 1. The normalized spacial score (nSPS) is 18.7. The van der Waals surface area contributed by atoms with E-state index in [-0.39, 0.29) is 29.0 Å². The van der Waals surface area contributed by atoms with Crippen molar-refractivity contribution < 1.29 is 14.9 Å². The standard InChI is InChI=1S/C10H13N5O4/c11-9(14-16)6-3-8(15(17)18)10(12-4-6)13-5-7-1-2-19-7/h3-4,7,16H,1-2,5H2,(H2,11,14)(H,12,13)/t7-/m0/s1. The maximum Gasteiger partial charge on any atom is 0.312 e. The summed E-state index contributed by atoms with van der Waals surface area (Å²) in [6, 6.07) is 1.20. The number of nitrogens with one attached hydrogen (secondary N) is 1. The molecule has 1 fully saturated rings. The summed E-state index contributed by atoms with van der Waals surface area (Å²) in [5, 5.41) is 25.1. The molecule has 1 aromatic heterocycles. The molecule has 0 amide bonds. The van der Waals surface area contributed by atoms with E-state index < -0.39 is 4.92 Å². The van der Waals surface area contributed by atoms with Crippen LogP contribution in [-0.4, -0.2) is 40.2 Å². The Morgan fingerprint density at radius 3 is 3.05 bits per heavy atom. The number of rotatable bonds is 5. The van der Waals surface area contributed by atoms with Crippen LogP contribution in [0.3, 0.4) is 0 Å². The van der Waals surface area contributed by atoms with Crippen molar-refractivity contribution in [2.45, 2.75) is 12.5 Å².